The zero-order valence-electron chi connectivity index (χ0n) is 11.4. The normalized spacial score (nSPS) is 25.2. The van der Waals surface area contributed by atoms with E-state index in [1.807, 2.05) is 11.8 Å². The summed E-state index contributed by atoms with van der Waals surface area (Å²) in [6, 6.07) is 12.1. The number of hydrogen-bond acceptors (Lipinski definition) is 3. The molecule has 2 rings (SSSR count). The van der Waals surface area contributed by atoms with Crippen molar-refractivity contribution >= 4 is 11.8 Å². The van der Waals surface area contributed by atoms with Gasteiger partial charge in [0.1, 0.15) is 0 Å². The van der Waals surface area contributed by atoms with Crippen LogP contribution in [0, 0.1) is 0 Å². The second kappa shape index (κ2) is 7.17. The monoisotopic (exact) mass is 264 g/mol. The standard InChI is InChI=1S/C15H24N2S/c1-13-12-17(8-9-18-2)15(11-16-13)10-14-6-4-3-5-7-14/h3-7,13,15-16H,8-12H2,1-2H3. The number of thioether (sulfide) groups is 1. The van der Waals surface area contributed by atoms with Crippen molar-refractivity contribution in [2.75, 3.05) is 31.6 Å². The van der Waals surface area contributed by atoms with E-state index in [0.29, 0.717) is 12.1 Å². The molecule has 0 aliphatic carbocycles. The number of hydrogen-bond donors (Lipinski definition) is 1. The molecule has 1 aromatic rings. The molecular formula is C15H24N2S. The predicted octanol–water partition coefficient (Wildman–Crippen LogP) is 2.25. The summed E-state index contributed by atoms with van der Waals surface area (Å²) in [5, 5.41) is 3.61. The average Bonchev–Trinajstić information content (AvgIpc) is 2.40. The molecule has 1 aromatic carbocycles. The second-order valence-electron chi connectivity index (χ2n) is 5.14. The third-order valence-corrected chi connectivity index (χ3v) is 4.21. The van der Waals surface area contributed by atoms with E-state index in [2.05, 4.69) is 53.7 Å². The predicted molar refractivity (Wildman–Crippen MR) is 81.4 cm³/mol. The smallest absolute Gasteiger partial charge is 0.0262 e. The molecule has 0 radical (unpaired) electrons. The van der Waals surface area contributed by atoms with Gasteiger partial charge in [-0.1, -0.05) is 30.3 Å². The van der Waals surface area contributed by atoms with E-state index in [9.17, 15) is 0 Å². The first-order valence-electron chi connectivity index (χ1n) is 6.80. The van der Waals surface area contributed by atoms with Crippen molar-refractivity contribution in [2.45, 2.75) is 25.4 Å². The Morgan fingerprint density at radius 1 is 1.33 bits per heavy atom. The number of benzene rings is 1. The molecule has 2 nitrogen and oxygen atoms in total. The molecule has 1 aliphatic heterocycles. The Morgan fingerprint density at radius 2 is 2.11 bits per heavy atom. The van der Waals surface area contributed by atoms with Crippen molar-refractivity contribution in [1.29, 1.82) is 0 Å². The summed E-state index contributed by atoms with van der Waals surface area (Å²) >= 11 is 1.94. The summed E-state index contributed by atoms with van der Waals surface area (Å²) in [6.07, 6.45) is 3.35. The fourth-order valence-electron chi connectivity index (χ4n) is 2.60. The van der Waals surface area contributed by atoms with E-state index in [-0.39, 0.29) is 0 Å². The van der Waals surface area contributed by atoms with E-state index < -0.39 is 0 Å². The topological polar surface area (TPSA) is 15.3 Å². The van der Waals surface area contributed by atoms with Crippen LogP contribution in [0.4, 0.5) is 0 Å². The molecule has 100 valence electrons. The van der Waals surface area contributed by atoms with Crippen molar-refractivity contribution in [1.82, 2.24) is 10.2 Å². The summed E-state index contributed by atoms with van der Waals surface area (Å²) in [5.41, 5.74) is 1.45. The highest BCUT2D eigenvalue weighted by Crippen LogP contribution is 2.13. The number of nitrogens with one attached hydrogen (secondary N) is 1. The molecule has 1 aliphatic rings. The van der Waals surface area contributed by atoms with Crippen molar-refractivity contribution in [3.05, 3.63) is 35.9 Å². The fourth-order valence-corrected chi connectivity index (χ4v) is 3.02. The quantitative estimate of drug-likeness (QED) is 0.878. The lowest BCUT2D eigenvalue weighted by atomic mass is 10.0. The van der Waals surface area contributed by atoms with Crippen molar-refractivity contribution < 1.29 is 0 Å². The van der Waals surface area contributed by atoms with Gasteiger partial charge in [0.2, 0.25) is 0 Å². The third-order valence-electron chi connectivity index (χ3n) is 3.62. The molecule has 0 saturated carbocycles. The molecule has 1 heterocycles. The van der Waals surface area contributed by atoms with Gasteiger partial charge >= 0.3 is 0 Å². The maximum atomic E-state index is 3.61. The first-order valence-corrected chi connectivity index (χ1v) is 8.19. The average molecular weight is 264 g/mol. The molecule has 1 saturated heterocycles. The van der Waals surface area contributed by atoms with Gasteiger partial charge in [0, 0.05) is 37.5 Å². The van der Waals surface area contributed by atoms with Crippen LogP contribution in [0.5, 0.6) is 0 Å². The van der Waals surface area contributed by atoms with E-state index in [4.69, 9.17) is 0 Å². The number of nitrogens with zero attached hydrogens (tertiary/aromatic N) is 1. The van der Waals surface area contributed by atoms with E-state index in [0.717, 1.165) is 13.0 Å². The van der Waals surface area contributed by atoms with E-state index >= 15 is 0 Å². The molecule has 1 N–H and O–H groups in total. The van der Waals surface area contributed by atoms with Crippen LogP contribution in [0.2, 0.25) is 0 Å². The van der Waals surface area contributed by atoms with Gasteiger partial charge in [-0.2, -0.15) is 11.8 Å². The zero-order valence-corrected chi connectivity index (χ0v) is 12.2. The summed E-state index contributed by atoms with van der Waals surface area (Å²) in [6.45, 7) is 5.79. The maximum Gasteiger partial charge on any atom is 0.0262 e. The largest absolute Gasteiger partial charge is 0.311 e. The minimum absolute atomic E-state index is 0.624. The van der Waals surface area contributed by atoms with Gasteiger partial charge in [-0.3, -0.25) is 4.90 Å². The van der Waals surface area contributed by atoms with Crippen LogP contribution in [-0.2, 0) is 6.42 Å². The SMILES string of the molecule is CSCCN1CC(C)NCC1Cc1ccccc1. The van der Waals surface area contributed by atoms with Gasteiger partial charge in [0.05, 0.1) is 0 Å². The molecule has 1 fully saturated rings. The van der Waals surface area contributed by atoms with Crippen LogP contribution in [0.15, 0.2) is 30.3 Å². The second-order valence-corrected chi connectivity index (χ2v) is 6.13. The van der Waals surface area contributed by atoms with Crippen LogP contribution < -0.4 is 5.32 Å². The fraction of sp³-hybridized carbons (Fsp3) is 0.600. The molecule has 3 heteroatoms. The molecule has 0 spiro atoms. The van der Waals surface area contributed by atoms with Crippen LogP contribution in [-0.4, -0.2) is 48.6 Å². The number of rotatable bonds is 5. The highest BCUT2D eigenvalue weighted by atomic mass is 32.2. The Kier molecular flexibility index (Phi) is 5.54. The zero-order chi connectivity index (χ0) is 12.8. The molecular weight excluding hydrogens is 240 g/mol. The molecule has 2 atom stereocenters. The Hall–Kier alpha value is -0.510. The van der Waals surface area contributed by atoms with E-state index in [1.165, 1.54) is 24.4 Å². The van der Waals surface area contributed by atoms with Crippen LogP contribution >= 0.6 is 11.8 Å². The summed E-state index contributed by atoms with van der Waals surface area (Å²) in [7, 11) is 0. The van der Waals surface area contributed by atoms with Gasteiger partial charge in [-0.05, 0) is 25.2 Å². The minimum Gasteiger partial charge on any atom is -0.311 e. The summed E-state index contributed by atoms with van der Waals surface area (Å²) in [4.78, 5) is 2.66. The lowest BCUT2D eigenvalue weighted by Gasteiger charge is -2.39. The minimum atomic E-state index is 0.624. The molecule has 0 aromatic heterocycles. The Labute approximate surface area is 115 Å². The first-order chi connectivity index (χ1) is 8.79. The summed E-state index contributed by atoms with van der Waals surface area (Å²) in [5.74, 6) is 1.23. The lowest BCUT2D eigenvalue weighted by Crippen LogP contribution is -2.56. The summed E-state index contributed by atoms with van der Waals surface area (Å²) < 4.78 is 0. The van der Waals surface area contributed by atoms with Gasteiger partial charge in [-0.25, -0.2) is 0 Å². The van der Waals surface area contributed by atoms with Crippen molar-refractivity contribution in [2.24, 2.45) is 0 Å². The number of piperazine rings is 1. The third kappa shape index (κ3) is 4.01. The van der Waals surface area contributed by atoms with Gasteiger partial charge in [0.25, 0.3) is 0 Å². The van der Waals surface area contributed by atoms with Crippen LogP contribution in [0.25, 0.3) is 0 Å². The Balaban J connectivity index is 1.95. The van der Waals surface area contributed by atoms with Crippen LogP contribution in [0.1, 0.15) is 12.5 Å². The van der Waals surface area contributed by atoms with E-state index in [1.54, 1.807) is 0 Å². The molecule has 0 amide bonds. The van der Waals surface area contributed by atoms with Gasteiger partial charge < -0.3 is 5.32 Å². The lowest BCUT2D eigenvalue weighted by molar-refractivity contribution is 0.143. The van der Waals surface area contributed by atoms with Gasteiger partial charge in [0.15, 0.2) is 0 Å². The molecule has 0 bridgehead atoms. The highest BCUT2D eigenvalue weighted by molar-refractivity contribution is 7.98. The first kappa shape index (κ1) is 13.9. The Morgan fingerprint density at radius 3 is 2.83 bits per heavy atom. The van der Waals surface area contributed by atoms with Crippen molar-refractivity contribution in [3.63, 3.8) is 0 Å². The molecule has 2 unspecified atom stereocenters. The Bertz CT molecular complexity index is 342. The highest BCUT2D eigenvalue weighted by Gasteiger charge is 2.25. The van der Waals surface area contributed by atoms with Gasteiger partial charge in [-0.15, -0.1) is 0 Å². The van der Waals surface area contributed by atoms with Crippen molar-refractivity contribution in [3.8, 4) is 0 Å². The maximum absolute atomic E-state index is 3.61. The molecule has 18 heavy (non-hydrogen) atoms. The van der Waals surface area contributed by atoms with Crippen LogP contribution in [0.3, 0.4) is 0 Å².